The van der Waals surface area contributed by atoms with Crippen molar-refractivity contribution in [2.75, 3.05) is 0 Å². The summed E-state index contributed by atoms with van der Waals surface area (Å²) in [5, 5.41) is 5.86. The SMILES string of the molecule is CC(C)(C)Cn1ncc2ccc(Cl)nc21. The molecule has 0 atom stereocenters. The monoisotopic (exact) mass is 223 g/mol. The summed E-state index contributed by atoms with van der Waals surface area (Å²) < 4.78 is 1.90. The quantitative estimate of drug-likeness (QED) is 0.696. The molecule has 0 unspecified atom stereocenters. The summed E-state index contributed by atoms with van der Waals surface area (Å²) in [4.78, 5) is 4.29. The molecule has 0 fully saturated rings. The molecule has 0 spiro atoms. The maximum Gasteiger partial charge on any atom is 0.159 e. The summed E-state index contributed by atoms with van der Waals surface area (Å²) in [5.74, 6) is 0. The fourth-order valence-corrected chi connectivity index (χ4v) is 1.64. The minimum Gasteiger partial charge on any atom is -0.247 e. The maximum atomic E-state index is 5.87. The summed E-state index contributed by atoms with van der Waals surface area (Å²) in [6.45, 7) is 7.35. The van der Waals surface area contributed by atoms with Crippen LogP contribution in [0.15, 0.2) is 18.3 Å². The van der Waals surface area contributed by atoms with Gasteiger partial charge >= 0.3 is 0 Å². The predicted molar refractivity (Wildman–Crippen MR) is 62.0 cm³/mol. The van der Waals surface area contributed by atoms with Gasteiger partial charge in [-0.3, -0.25) is 0 Å². The molecular formula is C11H14ClN3. The minimum absolute atomic E-state index is 0.183. The summed E-state index contributed by atoms with van der Waals surface area (Å²) in [6.07, 6.45) is 1.82. The van der Waals surface area contributed by atoms with Crippen molar-refractivity contribution >= 4 is 22.6 Å². The highest BCUT2D eigenvalue weighted by molar-refractivity contribution is 6.29. The average Bonchev–Trinajstić information content (AvgIpc) is 2.46. The third kappa shape index (κ3) is 2.29. The zero-order valence-corrected chi connectivity index (χ0v) is 9.91. The van der Waals surface area contributed by atoms with Gasteiger partial charge in [0.25, 0.3) is 0 Å². The summed E-state index contributed by atoms with van der Waals surface area (Å²) in [5.41, 5.74) is 1.04. The summed E-state index contributed by atoms with van der Waals surface area (Å²) in [7, 11) is 0. The molecule has 0 aliphatic carbocycles. The van der Waals surface area contributed by atoms with Crippen molar-refractivity contribution < 1.29 is 0 Å². The topological polar surface area (TPSA) is 30.7 Å². The smallest absolute Gasteiger partial charge is 0.159 e. The van der Waals surface area contributed by atoms with Crippen LogP contribution in [0.1, 0.15) is 20.8 Å². The number of hydrogen-bond acceptors (Lipinski definition) is 2. The van der Waals surface area contributed by atoms with E-state index < -0.39 is 0 Å². The molecule has 0 amide bonds. The molecule has 0 radical (unpaired) electrons. The first-order chi connectivity index (χ1) is 6.96. The van der Waals surface area contributed by atoms with E-state index in [1.54, 1.807) is 6.07 Å². The summed E-state index contributed by atoms with van der Waals surface area (Å²) in [6, 6.07) is 3.73. The lowest BCUT2D eigenvalue weighted by molar-refractivity contribution is 0.330. The lowest BCUT2D eigenvalue weighted by Gasteiger charge is -2.18. The van der Waals surface area contributed by atoms with Crippen LogP contribution in [0, 0.1) is 5.41 Å². The van der Waals surface area contributed by atoms with Crippen LogP contribution >= 0.6 is 11.6 Å². The zero-order chi connectivity index (χ0) is 11.1. The minimum atomic E-state index is 0.183. The summed E-state index contributed by atoms with van der Waals surface area (Å²) >= 11 is 5.87. The van der Waals surface area contributed by atoms with Crippen molar-refractivity contribution in [2.45, 2.75) is 27.3 Å². The Morgan fingerprint density at radius 3 is 2.73 bits per heavy atom. The van der Waals surface area contributed by atoms with Crippen LogP contribution in [0.5, 0.6) is 0 Å². The van der Waals surface area contributed by atoms with E-state index in [1.807, 2.05) is 16.9 Å². The molecule has 2 heterocycles. The molecule has 15 heavy (non-hydrogen) atoms. The Labute approximate surface area is 94.1 Å². The molecule has 0 saturated carbocycles. The highest BCUT2D eigenvalue weighted by Gasteiger charge is 2.14. The third-order valence-corrected chi connectivity index (χ3v) is 2.29. The molecule has 80 valence electrons. The van der Waals surface area contributed by atoms with Gasteiger partial charge in [0.15, 0.2) is 5.65 Å². The molecule has 0 saturated heterocycles. The Hall–Kier alpha value is -1.09. The Bertz CT molecular complexity index is 482. The van der Waals surface area contributed by atoms with Crippen LogP contribution < -0.4 is 0 Å². The van der Waals surface area contributed by atoms with Crippen LogP contribution in [-0.4, -0.2) is 14.8 Å². The van der Waals surface area contributed by atoms with Crippen molar-refractivity contribution in [3.8, 4) is 0 Å². The Morgan fingerprint density at radius 1 is 1.33 bits per heavy atom. The first kappa shape index (κ1) is 10.4. The van der Waals surface area contributed by atoms with Gasteiger partial charge in [-0.25, -0.2) is 9.67 Å². The van der Waals surface area contributed by atoms with Gasteiger partial charge in [0.2, 0.25) is 0 Å². The molecule has 3 nitrogen and oxygen atoms in total. The number of hydrogen-bond donors (Lipinski definition) is 0. The number of rotatable bonds is 1. The van der Waals surface area contributed by atoms with Crippen molar-refractivity contribution in [3.05, 3.63) is 23.5 Å². The molecule has 2 aromatic heterocycles. The second-order valence-electron chi connectivity index (χ2n) is 4.91. The van der Waals surface area contributed by atoms with Crippen LogP contribution in [0.25, 0.3) is 11.0 Å². The zero-order valence-electron chi connectivity index (χ0n) is 9.16. The second-order valence-corrected chi connectivity index (χ2v) is 5.30. The first-order valence-electron chi connectivity index (χ1n) is 4.94. The standard InChI is InChI=1S/C11H14ClN3/c1-11(2,3)7-15-10-8(6-13-15)4-5-9(12)14-10/h4-6H,7H2,1-3H3. The molecule has 0 aliphatic rings. The maximum absolute atomic E-state index is 5.87. The molecule has 4 heteroatoms. The van der Waals surface area contributed by atoms with Gasteiger partial charge in [0, 0.05) is 11.9 Å². The predicted octanol–water partition coefficient (Wildman–Crippen LogP) is 3.13. The molecule has 2 rings (SSSR count). The number of fused-ring (bicyclic) bond motifs is 1. The molecule has 2 aromatic rings. The highest BCUT2D eigenvalue weighted by atomic mass is 35.5. The van der Waals surface area contributed by atoms with Crippen LogP contribution in [-0.2, 0) is 6.54 Å². The number of pyridine rings is 1. The van der Waals surface area contributed by atoms with E-state index in [0.717, 1.165) is 17.6 Å². The van der Waals surface area contributed by atoms with E-state index in [4.69, 9.17) is 11.6 Å². The Balaban J connectivity index is 2.48. The highest BCUT2D eigenvalue weighted by Crippen LogP contribution is 2.20. The number of nitrogens with zero attached hydrogens (tertiary/aromatic N) is 3. The van der Waals surface area contributed by atoms with Crippen molar-refractivity contribution in [2.24, 2.45) is 5.41 Å². The lowest BCUT2D eigenvalue weighted by Crippen LogP contribution is -2.16. The Kier molecular flexibility index (Phi) is 2.43. The van der Waals surface area contributed by atoms with E-state index in [1.165, 1.54) is 0 Å². The van der Waals surface area contributed by atoms with Crippen LogP contribution in [0.2, 0.25) is 5.15 Å². The van der Waals surface area contributed by atoms with E-state index >= 15 is 0 Å². The lowest BCUT2D eigenvalue weighted by atomic mass is 9.97. The van der Waals surface area contributed by atoms with E-state index in [2.05, 4.69) is 30.9 Å². The fourth-order valence-electron chi connectivity index (χ4n) is 1.50. The molecule has 0 aliphatic heterocycles. The van der Waals surface area contributed by atoms with Gasteiger partial charge < -0.3 is 0 Å². The van der Waals surface area contributed by atoms with Gasteiger partial charge in [-0.1, -0.05) is 32.4 Å². The van der Waals surface area contributed by atoms with E-state index in [-0.39, 0.29) is 5.41 Å². The van der Waals surface area contributed by atoms with Crippen LogP contribution in [0.4, 0.5) is 0 Å². The van der Waals surface area contributed by atoms with Gasteiger partial charge in [0.1, 0.15) is 5.15 Å². The van der Waals surface area contributed by atoms with E-state index in [0.29, 0.717) is 5.15 Å². The molecule has 0 aromatic carbocycles. The number of halogens is 1. The fraction of sp³-hybridized carbons (Fsp3) is 0.455. The molecule has 0 N–H and O–H groups in total. The first-order valence-corrected chi connectivity index (χ1v) is 5.32. The molecule has 0 bridgehead atoms. The Morgan fingerprint density at radius 2 is 2.07 bits per heavy atom. The van der Waals surface area contributed by atoms with Gasteiger partial charge in [-0.2, -0.15) is 5.10 Å². The van der Waals surface area contributed by atoms with Gasteiger partial charge in [-0.15, -0.1) is 0 Å². The van der Waals surface area contributed by atoms with Crippen molar-refractivity contribution in [3.63, 3.8) is 0 Å². The second kappa shape index (κ2) is 3.49. The van der Waals surface area contributed by atoms with Gasteiger partial charge in [-0.05, 0) is 17.5 Å². The van der Waals surface area contributed by atoms with Gasteiger partial charge in [0.05, 0.1) is 6.20 Å². The average molecular weight is 224 g/mol. The third-order valence-electron chi connectivity index (χ3n) is 2.08. The molecular weight excluding hydrogens is 210 g/mol. The normalized spacial score (nSPS) is 12.3. The largest absolute Gasteiger partial charge is 0.247 e. The van der Waals surface area contributed by atoms with Crippen LogP contribution in [0.3, 0.4) is 0 Å². The number of aromatic nitrogens is 3. The van der Waals surface area contributed by atoms with E-state index in [9.17, 15) is 0 Å². The van der Waals surface area contributed by atoms with Crippen molar-refractivity contribution in [1.29, 1.82) is 0 Å². The van der Waals surface area contributed by atoms with Crippen molar-refractivity contribution in [1.82, 2.24) is 14.8 Å².